The van der Waals surface area contributed by atoms with Gasteiger partial charge in [-0.25, -0.2) is 13.6 Å². The number of anilines is 1. The van der Waals surface area contributed by atoms with Crippen LogP contribution in [-0.2, 0) is 11.3 Å². The van der Waals surface area contributed by atoms with Gasteiger partial charge in [-0.15, -0.1) is 0 Å². The molecule has 0 unspecified atom stereocenters. The number of ether oxygens (including phenoxy) is 2. The van der Waals surface area contributed by atoms with Gasteiger partial charge in [0, 0.05) is 25.2 Å². The molecule has 1 atom stereocenters. The van der Waals surface area contributed by atoms with Gasteiger partial charge in [0.2, 0.25) is 0 Å². The van der Waals surface area contributed by atoms with Crippen LogP contribution in [0.1, 0.15) is 30.4 Å². The lowest BCUT2D eigenvalue weighted by Crippen LogP contribution is -2.65. The van der Waals surface area contributed by atoms with E-state index in [-0.39, 0.29) is 30.1 Å². The van der Waals surface area contributed by atoms with Crippen LogP contribution in [0.15, 0.2) is 72.8 Å². The minimum Gasteiger partial charge on any atom is -0.492 e. The Balaban J connectivity index is 1.24. The minimum absolute atomic E-state index is 0.0684. The van der Waals surface area contributed by atoms with Gasteiger partial charge in [-0.1, -0.05) is 36.4 Å². The second kappa shape index (κ2) is 11.8. The Labute approximate surface area is 227 Å². The van der Waals surface area contributed by atoms with E-state index in [2.05, 4.69) is 6.07 Å². The molecule has 6 nitrogen and oxygen atoms in total. The number of benzene rings is 3. The van der Waals surface area contributed by atoms with Crippen LogP contribution in [0.3, 0.4) is 0 Å². The number of para-hydroxylation sites is 2. The summed E-state index contributed by atoms with van der Waals surface area (Å²) in [6.45, 7) is 4.24. The molecule has 0 saturated carbocycles. The number of carbonyl (C=O) groups is 1. The van der Waals surface area contributed by atoms with Gasteiger partial charge in [-0.2, -0.15) is 5.26 Å². The van der Waals surface area contributed by atoms with Crippen LogP contribution in [0.2, 0.25) is 0 Å². The highest BCUT2D eigenvalue weighted by atomic mass is 19.1. The van der Waals surface area contributed by atoms with E-state index in [0.29, 0.717) is 30.0 Å². The van der Waals surface area contributed by atoms with Crippen molar-refractivity contribution in [3.05, 3.63) is 95.6 Å². The largest absolute Gasteiger partial charge is 0.492 e. The Morgan fingerprint density at radius 2 is 1.72 bits per heavy atom. The molecule has 0 N–H and O–H groups in total. The molecular weight excluding hydrogens is 500 g/mol. The molecule has 0 aromatic heterocycles. The van der Waals surface area contributed by atoms with E-state index in [1.807, 2.05) is 12.1 Å². The van der Waals surface area contributed by atoms with E-state index in [9.17, 15) is 18.8 Å². The van der Waals surface area contributed by atoms with Gasteiger partial charge in [0.1, 0.15) is 30.0 Å². The predicted molar refractivity (Wildman–Crippen MR) is 143 cm³/mol. The number of piperidine rings is 3. The summed E-state index contributed by atoms with van der Waals surface area (Å²) in [6.07, 6.45) is 1.89. The number of rotatable bonds is 9. The molecule has 3 fully saturated rings. The van der Waals surface area contributed by atoms with E-state index >= 15 is 0 Å². The Morgan fingerprint density at radius 1 is 1.00 bits per heavy atom. The van der Waals surface area contributed by atoms with Crippen LogP contribution in [0, 0.1) is 28.9 Å². The summed E-state index contributed by atoms with van der Waals surface area (Å²) in [5, 5.41) is 9.27. The number of carbonyl (C=O) groups excluding carboxylic acids is 1. The third-order valence-electron chi connectivity index (χ3n) is 7.95. The van der Waals surface area contributed by atoms with Crippen molar-refractivity contribution in [2.45, 2.75) is 31.9 Å². The Kier molecular flexibility index (Phi) is 8.08. The Bertz CT molecular complexity index is 1330. The van der Waals surface area contributed by atoms with Gasteiger partial charge < -0.3 is 14.0 Å². The van der Waals surface area contributed by atoms with E-state index in [4.69, 9.17) is 9.47 Å². The van der Waals surface area contributed by atoms with Crippen LogP contribution in [0.4, 0.5) is 19.3 Å². The zero-order valence-corrected chi connectivity index (χ0v) is 21.8. The van der Waals surface area contributed by atoms with Crippen molar-refractivity contribution < 1.29 is 27.5 Å². The molecule has 0 spiro atoms. The number of hydrogen-bond acceptors (Lipinski definition) is 4. The first-order valence-corrected chi connectivity index (χ1v) is 13.4. The standard InChI is InChI=1S/C31H32F2N3O3/c32-26-12-10-23(11-13-26)21-35(28-8-3-2-7-27(28)33)31(37)39-30-22-36(17-14-24(30)15-18-36)16-5-19-38-29-9-4-1-6-25(29)20-34/h1-4,6-13,24,30H,5,14-19,21-22H2/q+1/t24?,30-,36?/m0/s1. The first-order valence-electron chi connectivity index (χ1n) is 13.4. The summed E-state index contributed by atoms with van der Waals surface area (Å²) in [5.74, 6) is -0.0220. The minimum atomic E-state index is -0.599. The fourth-order valence-electron chi connectivity index (χ4n) is 5.82. The topological polar surface area (TPSA) is 62.6 Å². The monoisotopic (exact) mass is 532 g/mol. The van der Waals surface area contributed by atoms with Gasteiger partial charge in [-0.3, -0.25) is 4.90 Å². The lowest BCUT2D eigenvalue weighted by molar-refractivity contribution is -0.946. The maximum atomic E-state index is 14.8. The molecule has 3 aromatic rings. The molecule has 202 valence electrons. The summed E-state index contributed by atoms with van der Waals surface area (Å²) in [6, 6.07) is 21.3. The number of halogens is 2. The number of quaternary nitrogens is 1. The van der Waals surface area contributed by atoms with E-state index < -0.39 is 11.9 Å². The average Bonchev–Trinajstić information content (AvgIpc) is 2.96. The van der Waals surface area contributed by atoms with Crippen molar-refractivity contribution in [3.63, 3.8) is 0 Å². The van der Waals surface area contributed by atoms with Crippen molar-refractivity contribution in [2.75, 3.05) is 37.7 Å². The number of hydrogen-bond donors (Lipinski definition) is 0. The molecule has 6 rings (SSSR count). The average molecular weight is 533 g/mol. The number of nitriles is 1. The first kappa shape index (κ1) is 26.6. The highest BCUT2D eigenvalue weighted by molar-refractivity contribution is 5.87. The smallest absolute Gasteiger partial charge is 0.415 e. The zero-order chi connectivity index (χ0) is 27.2. The summed E-state index contributed by atoms with van der Waals surface area (Å²) < 4.78 is 41.0. The number of amides is 1. The molecule has 3 saturated heterocycles. The third kappa shape index (κ3) is 6.21. The normalized spacial score (nSPS) is 21.7. The molecule has 0 radical (unpaired) electrons. The SMILES string of the molecule is N#Cc1ccccc1OCCC[N+]12CCC(CC1)[C@@H](OC(=O)N(Cc1ccc(F)cc1)c1ccccc1F)C2. The molecule has 3 aliphatic rings. The summed E-state index contributed by atoms with van der Waals surface area (Å²) in [4.78, 5) is 14.8. The molecule has 0 aliphatic carbocycles. The van der Waals surface area contributed by atoms with Crippen molar-refractivity contribution in [1.29, 1.82) is 5.26 Å². The summed E-state index contributed by atoms with van der Waals surface area (Å²) in [7, 11) is 0. The van der Waals surface area contributed by atoms with Crippen molar-refractivity contribution in [1.82, 2.24) is 0 Å². The van der Waals surface area contributed by atoms with Gasteiger partial charge >= 0.3 is 6.09 Å². The molecule has 3 heterocycles. The van der Waals surface area contributed by atoms with Gasteiger partial charge in [0.25, 0.3) is 0 Å². The lowest BCUT2D eigenvalue weighted by Gasteiger charge is -2.52. The molecule has 1 amide bonds. The molecule has 3 aromatic carbocycles. The lowest BCUT2D eigenvalue weighted by atomic mass is 9.83. The Morgan fingerprint density at radius 3 is 2.46 bits per heavy atom. The van der Waals surface area contributed by atoms with Crippen LogP contribution in [0.5, 0.6) is 5.75 Å². The molecule has 8 heteroatoms. The van der Waals surface area contributed by atoms with E-state index in [1.165, 1.54) is 23.1 Å². The third-order valence-corrected chi connectivity index (χ3v) is 7.95. The molecular formula is C31H32F2N3O3+. The maximum Gasteiger partial charge on any atom is 0.415 e. The zero-order valence-electron chi connectivity index (χ0n) is 21.8. The first-order chi connectivity index (χ1) is 19.0. The fourth-order valence-corrected chi connectivity index (χ4v) is 5.82. The fraction of sp³-hybridized carbons (Fsp3) is 0.355. The molecule has 3 aliphatic heterocycles. The van der Waals surface area contributed by atoms with Crippen LogP contribution in [0.25, 0.3) is 0 Å². The van der Waals surface area contributed by atoms with Crippen molar-refractivity contribution >= 4 is 11.8 Å². The van der Waals surface area contributed by atoms with Crippen molar-refractivity contribution in [2.24, 2.45) is 5.92 Å². The van der Waals surface area contributed by atoms with E-state index in [0.717, 1.165) is 43.4 Å². The second-order valence-corrected chi connectivity index (χ2v) is 10.4. The van der Waals surface area contributed by atoms with Gasteiger partial charge in [-0.05, 0) is 42.0 Å². The van der Waals surface area contributed by atoms with Crippen LogP contribution < -0.4 is 9.64 Å². The maximum absolute atomic E-state index is 14.8. The van der Waals surface area contributed by atoms with E-state index in [1.54, 1.807) is 42.5 Å². The summed E-state index contributed by atoms with van der Waals surface area (Å²) >= 11 is 0. The summed E-state index contributed by atoms with van der Waals surface area (Å²) in [5.41, 5.74) is 1.33. The number of nitrogens with zero attached hydrogens (tertiary/aromatic N) is 3. The quantitative estimate of drug-likeness (QED) is 0.248. The highest BCUT2D eigenvalue weighted by Crippen LogP contribution is 2.36. The van der Waals surface area contributed by atoms with Crippen LogP contribution in [-0.4, -0.2) is 49.5 Å². The predicted octanol–water partition coefficient (Wildman–Crippen LogP) is 6.06. The number of fused-ring (bicyclic) bond motifs is 3. The van der Waals surface area contributed by atoms with Gasteiger partial charge in [0.05, 0.1) is 44.0 Å². The van der Waals surface area contributed by atoms with Crippen LogP contribution >= 0.6 is 0 Å². The van der Waals surface area contributed by atoms with Gasteiger partial charge in [0.15, 0.2) is 6.10 Å². The molecule has 39 heavy (non-hydrogen) atoms. The molecule has 2 bridgehead atoms. The second-order valence-electron chi connectivity index (χ2n) is 10.4. The Hall–Kier alpha value is -3.96. The van der Waals surface area contributed by atoms with Crippen molar-refractivity contribution in [3.8, 4) is 11.8 Å². The highest BCUT2D eigenvalue weighted by Gasteiger charge is 2.47.